The van der Waals surface area contributed by atoms with E-state index in [9.17, 15) is 13.2 Å². The number of anilines is 1. The van der Waals surface area contributed by atoms with Crippen molar-refractivity contribution in [2.24, 2.45) is 5.92 Å². The maximum Gasteiger partial charge on any atom is 0.233 e. The maximum absolute atomic E-state index is 13.7. The third-order valence-corrected chi connectivity index (χ3v) is 8.19. The fraction of sp³-hybridized carbons (Fsp3) is 0.391. The lowest BCUT2D eigenvalue weighted by molar-refractivity contribution is -0.123. The first kappa shape index (κ1) is 21.9. The molecule has 2 aromatic carbocycles. The number of hydrogen-bond donors (Lipinski definition) is 0. The molecular weight excluding hydrogens is 430 g/mol. The molecule has 3 aromatic rings. The Bertz CT molecular complexity index is 1210. The van der Waals surface area contributed by atoms with Gasteiger partial charge in [0.05, 0.1) is 28.9 Å². The number of carbonyl (C=O) groups excluding carboxylic acids is 1. The van der Waals surface area contributed by atoms with E-state index in [-0.39, 0.29) is 18.4 Å². The maximum atomic E-state index is 13.7. The molecule has 2 heterocycles. The molecule has 1 unspecified atom stereocenters. The lowest BCUT2D eigenvalue weighted by Gasteiger charge is -2.33. The topological polar surface area (TPSA) is 70.6 Å². The van der Waals surface area contributed by atoms with Gasteiger partial charge in [0.25, 0.3) is 0 Å². The zero-order valence-electron chi connectivity index (χ0n) is 18.0. The highest BCUT2D eigenvalue weighted by atomic mass is 32.2. The number of sulfonamides is 1. The third kappa shape index (κ3) is 4.81. The summed E-state index contributed by atoms with van der Waals surface area (Å²) in [6.45, 7) is 5.21. The quantitative estimate of drug-likeness (QED) is 0.578. The zero-order valence-corrected chi connectivity index (χ0v) is 19.7. The first-order valence-electron chi connectivity index (χ1n) is 10.4. The molecule has 8 heteroatoms. The summed E-state index contributed by atoms with van der Waals surface area (Å²) in [6, 6.07) is 14.0. The number of thiazole rings is 1. The molecule has 0 aliphatic carbocycles. The summed E-state index contributed by atoms with van der Waals surface area (Å²) in [5.41, 5.74) is 4.19. The highest BCUT2D eigenvalue weighted by molar-refractivity contribution is 7.88. The van der Waals surface area contributed by atoms with Crippen LogP contribution in [0.4, 0.5) is 5.13 Å². The number of aromatic nitrogens is 1. The van der Waals surface area contributed by atoms with Gasteiger partial charge in [-0.15, -0.1) is 0 Å². The highest BCUT2D eigenvalue weighted by Crippen LogP contribution is 2.34. The van der Waals surface area contributed by atoms with Crippen molar-refractivity contribution in [1.82, 2.24) is 9.29 Å². The van der Waals surface area contributed by atoms with Gasteiger partial charge in [0.2, 0.25) is 15.9 Å². The van der Waals surface area contributed by atoms with Gasteiger partial charge < -0.3 is 0 Å². The van der Waals surface area contributed by atoms with E-state index >= 15 is 0 Å². The van der Waals surface area contributed by atoms with Crippen molar-refractivity contribution < 1.29 is 13.2 Å². The summed E-state index contributed by atoms with van der Waals surface area (Å²) in [7, 11) is -3.32. The molecule has 0 spiro atoms. The Kier molecular flexibility index (Phi) is 6.14. The average Bonchev–Trinajstić information content (AvgIpc) is 3.16. The van der Waals surface area contributed by atoms with Crippen LogP contribution in [0, 0.1) is 19.8 Å². The summed E-state index contributed by atoms with van der Waals surface area (Å²) in [6.07, 6.45) is 2.57. The van der Waals surface area contributed by atoms with Crippen LogP contribution in [0.25, 0.3) is 10.2 Å². The van der Waals surface area contributed by atoms with Crippen LogP contribution in [-0.4, -0.2) is 43.0 Å². The van der Waals surface area contributed by atoms with Crippen LogP contribution in [0.1, 0.15) is 29.5 Å². The summed E-state index contributed by atoms with van der Waals surface area (Å²) in [5, 5.41) is 0.661. The van der Waals surface area contributed by atoms with Gasteiger partial charge in [0.15, 0.2) is 5.13 Å². The lowest BCUT2D eigenvalue weighted by atomic mass is 9.98. The molecule has 0 N–H and O–H groups in total. The Labute approximate surface area is 187 Å². The van der Waals surface area contributed by atoms with E-state index in [1.165, 1.54) is 21.9 Å². The third-order valence-electron chi connectivity index (χ3n) is 5.69. The second-order valence-electron chi connectivity index (χ2n) is 8.30. The zero-order chi connectivity index (χ0) is 22.2. The molecule has 1 amide bonds. The monoisotopic (exact) mass is 457 g/mol. The van der Waals surface area contributed by atoms with E-state index in [0.717, 1.165) is 26.9 Å². The molecule has 1 aliphatic heterocycles. The van der Waals surface area contributed by atoms with Gasteiger partial charge >= 0.3 is 0 Å². The second-order valence-corrected chi connectivity index (χ2v) is 11.3. The van der Waals surface area contributed by atoms with Crippen molar-refractivity contribution >= 4 is 42.6 Å². The standard InChI is InChI=1S/C23H27N3O3S2/c1-16-12-17(2)21-20(13-16)24-23(30-21)26(14-18-8-5-4-6-9-18)22(27)19-10-7-11-25(15-19)31(3,28)29/h4-6,8-9,12-13,19H,7,10-11,14-15H2,1-3H3. The summed E-state index contributed by atoms with van der Waals surface area (Å²) in [5.74, 6) is -0.437. The SMILES string of the molecule is Cc1cc(C)c2sc(N(Cc3ccccc3)C(=O)C3CCCN(S(C)(=O)=O)C3)nc2c1. The van der Waals surface area contributed by atoms with Crippen molar-refractivity contribution in [2.75, 3.05) is 24.2 Å². The molecule has 0 radical (unpaired) electrons. The molecule has 6 nitrogen and oxygen atoms in total. The van der Waals surface area contributed by atoms with Crippen LogP contribution in [0.15, 0.2) is 42.5 Å². The number of rotatable bonds is 5. The Morgan fingerprint density at radius 2 is 1.97 bits per heavy atom. The van der Waals surface area contributed by atoms with Gasteiger partial charge in [0, 0.05) is 13.1 Å². The number of carbonyl (C=O) groups is 1. The minimum Gasteiger partial charge on any atom is -0.283 e. The molecule has 0 saturated carbocycles. The van der Waals surface area contributed by atoms with Crippen LogP contribution in [-0.2, 0) is 21.4 Å². The van der Waals surface area contributed by atoms with Crippen molar-refractivity contribution in [1.29, 1.82) is 0 Å². The smallest absolute Gasteiger partial charge is 0.233 e. The van der Waals surface area contributed by atoms with Gasteiger partial charge in [-0.05, 0) is 49.4 Å². The molecule has 4 rings (SSSR count). The largest absolute Gasteiger partial charge is 0.283 e. The Morgan fingerprint density at radius 1 is 1.23 bits per heavy atom. The average molecular weight is 458 g/mol. The van der Waals surface area contributed by atoms with E-state index in [4.69, 9.17) is 4.98 Å². The number of amides is 1. The van der Waals surface area contributed by atoms with Gasteiger partial charge in [-0.3, -0.25) is 9.69 Å². The van der Waals surface area contributed by atoms with Crippen LogP contribution in [0.5, 0.6) is 0 Å². The van der Waals surface area contributed by atoms with E-state index in [0.29, 0.717) is 31.1 Å². The molecule has 1 aromatic heterocycles. The van der Waals surface area contributed by atoms with Gasteiger partial charge in [-0.1, -0.05) is 47.7 Å². The minimum atomic E-state index is -3.32. The predicted molar refractivity (Wildman–Crippen MR) is 126 cm³/mol. The number of nitrogens with zero attached hydrogens (tertiary/aromatic N) is 3. The number of aryl methyl sites for hydroxylation is 2. The second kappa shape index (κ2) is 8.68. The molecule has 1 fully saturated rings. The van der Waals surface area contributed by atoms with Crippen molar-refractivity contribution in [3.8, 4) is 0 Å². The number of fused-ring (bicyclic) bond motifs is 1. The van der Waals surface area contributed by atoms with Crippen molar-refractivity contribution in [3.05, 3.63) is 59.2 Å². The molecule has 1 aliphatic rings. The van der Waals surface area contributed by atoms with Gasteiger partial charge in [-0.2, -0.15) is 0 Å². The molecule has 1 atom stereocenters. The number of benzene rings is 2. The van der Waals surface area contributed by atoms with Crippen LogP contribution >= 0.6 is 11.3 Å². The van der Waals surface area contributed by atoms with Crippen molar-refractivity contribution in [2.45, 2.75) is 33.2 Å². The lowest BCUT2D eigenvalue weighted by Crippen LogP contribution is -2.46. The summed E-state index contributed by atoms with van der Waals surface area (Å²) < 4.78 is 26.6. The van der Waals surface area contributed by atoms with Gasteiger partial charge in [0.1, 0.15) is 0 Å². The Morgan fingerprint density at radius 3 is 2.68 bits per heavy atom. The van der Waals surface area contributed by atoms with Gasteiger partial charge in [-0.25, -0.2) is 17.7 Å². The number of hydrogen-bond acceptors (Lipinski definition) is 5. The van der Waals surface area contributed by atoms with E-state index in [2.05, 4.69) is 13.0 Å². The minimum absolute atomic E-state index is 0.0642. The Hall–Kier alpha value is -2.29. The van der Waals surface area contributed by atoms with E-state index in [1.807, 2.05) is 43.3 Å². The highest BCUT2D eigenvalue weighted by Gasteiger charge is 2.34. The summed E-state index contributed by atoms with van der Waals surface area (Å²) in [4.78, 5) is 20.2. The fourth-order valence-corrected chi connectivity index (χ4v) is 6.08. The summed E-state index contributed by atoms with van der Waals surface area (Å²) >= 11 is 1.52. The molecule has 164 valence electrons. The van der Waals surface area contributed by atoms with E-state index < -0.39 is 10.0 Å². The van der Waals surface area contributed by atoms with Crippen molar-refractivity contribution in [3.63, 3.8) is 0 Å². The first-order chi connectivity index (χ1) is 14.7. The van der Waals surface area contributed by atoms with Crippen LogP contribution in [0.2, 0.25) is 0 Å². The normalized spacial score (nSPS) is 17.7. The molecule has 0 bridgehead atoms. The Balaban J connectivity index is 1.71. The van der Waals surface area contributed by atoms with Crippen LogP contribution < -0.4 is 4.90 Å². The number of piperidine rings is 1. The molecule has 1 saturated heterocycles. The predicted octanol–water partition coefficient (Wildman–Crippen LogP) is 4.12. The van der Waals surface area contributed by atoms with Crippen LogP contribution in [0.3, 0.4) is 0 Å². The first-order valence-corrected chi connectivity index (χ1v) is 13.1. The molecular formula is C23H27N3O3S2. The fourth-order valence-electron chi connectivity index (χ4n) is 4.15. The molecule has 31 heavy (non-hydrogen) atoms. The van der Waals surface area contributed by atoms with E-state index in [1.54, 1.807) is 4.90 Å².